The van der Waals surface area contributed by atoms with Crippen LogP contribution >= 0.6 is 39.3 Å². The van der Waals surface area contributed by atoms with Gasteiger partial charge in [-0.05, 0) is 83.0 Å². The fraction of sp³-hybridized carbons (Fsp3) is 0.238. The minimum atomic E-state index is -0.286. The maximum atomic E-state index is 12.5. The Morgan fingerprint density at radius 2 is 2.00 bits per heavy atom. The number of benzene rings is 2. The van der Waals surface area contributed by atoms with Crippen molar-refractivity contribution in [1.82, 2.24) is 4.90 Å². The molecule has 0 unspecified atom stereocenters. The van der Waals surface area contributed by atoms with Crippen LogP contribution < -0.4 is 9.47 Å². The van der Waals surface area contributed by atoms with Crippen molar-refractivity contribution in [3.63, 3.8) is 0 Å². The normalized spacial score (nSPS) is 15.5. The molecule has 0 bridgehead atoms. The number of hydrogen-bond donors (Lipinski definition) is 0. The van der Waals surface area contributed by atoms with Gasteiger partial charge in [-0.1, -0.05) is 23.7 Å². The first-order valence-electron chi connectivity index (χ1n) is 8.82. The number of carbonyl (C=O) groups excluding carboxylic acids is 2. The number of nitrogens with zero attached hydrogens (tertiary/aromatic N) is 1. The second-order valence-corrected chi connectivity index (χ2v) is 8.88. The first-order chi connectivity index (χ1) is 13.8. The Bertz CT molecular complexity index is 993. The van der Waals surface area contributed by atoms with Gasteiger partial charge in [0, 0.05) is 11.1 Å². The van der Waals surface area contributed by atoms with Crippen LogP contribution in [0.2, 0.25) is 5.02 Å². The summed E-state index contributed by atoms with van der Waals surface area (Å²) in [7, 11) is 1.55. The average molecular weight is 497 g/mol. The van der Waals surface area contributed by atoms with Crippen molar-refractivity contribution in [1.29, 1.82) is 0 Å². The fourth-order valence-corrected chi connectivity index (χ4v) is 4.57. The summed E-state index contributed by atoms with van der Waals surface area (Å²) in [5, 5.41) is 0.381. The van der Waals surface area contributed by atoms with Crippen LogP contribution in [0.3, 0.4) is 0 Å². The lowest BCUT2D eigenvalue weighted by Gasteiger charge is -2.16. The van der Waals surface area contributed by atoms with E-state index in [1.165, 1.54) is 4.90 Å². The number of rotatable bonds is 6. The van der Waals surface area contributed by atoms with Crippen LogP contribution in [0, 0.1) is 0 Å². The zero-order valence-corrected chi connectivity index (χ0v) is 19.2. The molecule has 1 aliphatic heterocycles. The highest BCUT2D eigenvalue weighted by atomic mass is 79.9. The number of thioether (sulfide) groups is 1. The monoisotopic (exact) mass is 495 g/mol. The minimum absolute atomic E-state index is 0.183. The molecule has 0 aromatic heterocycles. The van der Waals surface area contributed by atoms with Crippen molar-refractivity contribution in [2.24, 2.45) is 0 Å². The van der Waals surface area contributed by atoms with Gasteiger partial charge in [-0.3, -0.25) is 14.5 Å². The van der Waals surface area contributed by atoms with Crippen LogP contribution in [0.4, 0.5) is 4.79 Å². The van der Waals surface area contributed by atoms with Gasteiger partial charge < -0.3 is 9.47 Å². The standard InChI is InChI=1S/C21H19BrClNO4S/c1-12(2)24-20(25)18(29-21(24)26)10-14-8-16(22)19(17(9-14)27-3)28-11-13-5-4-6-15(23)7-13/h4-10,12H,11H2,1-3H3/b18-10-. The van der Waals surface area contributed by atoms with E-state index in [0.717, 1.165) is 22.9 Å². The van der Waals surface area contributed by atoms with Gasteiger partial charge >= 0.3 is 0 Å². The van der Waals surface area contributed by atoms with Crippen LogP contribution in [-0.4, -0.2) is 29.2 Å². The van der Waals surface area contributed by atoms with Crippen molar-refractivity contribution in [2.45, 2.75) is 26.5 Å². The van der Waals surface area contributed by atoms with E-state index in [1.807, 2.05) is 38.1 Å². The van der Waals surface area contributed by atoms with Crippen molar-refractivity contribution < 1.29 is 19.1 Å². The van der Waals surface area contributed by atoms with E-state index in [-0.39, 0.29) is 17.2 Å². The van der Waals surface area contributed by atoms with Crippen LogP contribution in [0.1, 0.15) is 25.0 Å². The molecule has 1 aliphatic rings. The molecule has 29 heavy (non-hydrogen) atoms. The molecule has 152 valence electrons. The van der Waals surface area contributed by atoms with Crippen LogP contribution in [0.15, 0.2) is 45.8 Å². The Balaban J connectivity index is 1.85. The highest BCUT2D eigenvalue weighted by Crippen LogP contribution is 2.39. The Morgan fingerprint density at radius 1 is 1.24 bits per heavy atom. The number of hydrogen-bond acceptors (Lipinski definition) is 5. The lowest BCUT2D eigenvalue weighted by molar-refractivity contribution is -0.123. The minimum Gasteiger partial charge on any atom is -0.493 e. The Morgan fingerprint density at radius 3 is 2.62 bits per heavy atom. The number of imide groups is 1. The van der Waals surface area contributed by atoms with E-state index >= 15 is 0 Å². The van der Waals surface area contributed by atoms with Gasteiger partial charge in [0.05, 0.1) is 16.5 Å². The van der Waals surface area contributed by atoms with E-state index in [2.05, 4.69) is 15.9 Å². The van der Waals surface area contributed by atoms with Crippen LogP contribution in [-0.2, 0) is 11.4 Å². The van der Waals surface area contributed by atoms with Crippen molar-refractivity contribution in [2.75, 3.05) is 7.11 Å². The van der Waals surface area contributed by atoms with Crippen molar-refractivity contribution >= 4 is 56.5 Å². The summed E-state index contributed by atoms with van der Waals surface area (Å²) in [6, 6.07) is 10.8. The highest BCUT2D eigenvalue weighted by Gasteiger charge is 2.36. The summed E-state index contributed by atoms with van der Waals surface area (Å²) in [5.74, 6) is 0.766. The molecule has 0 N–H and O–H groups in total. The van der Waals surface area contributed by atoms with Gasteiger partial charge in [0.2, 0.25) is 0 Å². The SMILES string of the molecule is COc1cc(/C=C2\SC(=O)N(C(C)C)C2=O)cc(Br)c1OCc1cccc(Cl)c1. The molecular formula is C21H19BrClNO4S. The second-order valence-electron chi connectivity index (χ2n) is 6.60. The summed E-state index contributed by atoms with van der Waals surface area (Å²) in [6.45, 7) is 3.94. The van der Waals surface area contributed by atoms with Crippen molar-refractivity contribution in [3.05, 3.63) is 61.9 Å². The Hall–Kier alpha value is -1.96. The molecule has 2 amide bonds. The first kappa shape index (κ1) is 21.7. The third-order valence-electron chi connectivity index (χ3n) is 4.16. The number of methoxy groups -OCH3 is 1. The van der Waals surface area contributed by atoms with E-state index in [1.54, 1.807) is 25.3 Å². The first-order valence-corrected chi connectivity index (χ1v) is 10.8. The predicted octanol–water partition coefficient (Wildman–Crippen LogP) is 6.13. The van der Waals surface area contributed by atoms with Crippen molar-refractivity contribution in [3.8, 4) is 11.5 Å². The third kappa shape index (κ3) is 4.97. The van der Waals surface area contributed by atoms with E-state index < -0.39 is 0 Å². The molecule has 2 aromatic rings. The fourth-order valence-electron chi connectivity index (χ4n) is 2.82. The molecule has 0 spiro atoms. The molecule has 5 nitrogen and oxygen atoms in total. The molecule has 0 atom stereocenters. The molecule has 1 fully saturated rings. The predicted molar refractivity (Wildman–Crippen MR) is 119 cm³/mol. The summed E-state index contributed by atoms with van der Waals surface area (Å²) in [5.41, 5.74) is 1.65. The van der Waals surface area contributed by atoms with E-state index in [4.69, 9.17) is 21.1 Å². The molecule has 3 rings (SSSR count). The zero-order valence-electron chi connectivity index (χ0n) is 16.1. The Kier molecular flexibility index (Phi) is 6.93. The van der Waals surface area contributed by atoms with Crippen LogP contribution in [0.5, 0.6) is 11.5 Å². The largest absolute Gasteiger partial charge is 0.493 e. The molecular weight excluding hydrogens is 478 g/mol. The average Bonchev–Trinajstić information content (AvgIpc) is 2.93. The molecule has 0 radical (unpaired) electrons. The van der Waals surface area contributed by atoms with Gasteiger partial charge in [0.25, 0.3) is 11.1 Å². The van der Waals surface area contributed by atoms with Crippen LogP contribution in [0.25, 0.3) is 6.08 Å². The molecule has 0 saturated carbocycles. The molecule has 1 saturated heterocycles. The smallest absolute Gasteiger partial charge is 0.293 e. The number of amides is 2. The van der Waals surface area contributed by atoms with Gasteiger partial charge in [0.1, 0.15) is 6.61 Å². The van der Waals surface area contributed by atoms with E-state index in [9.17, 15) is 9.59 Å². The molecule has 1 heterocycles. The molecule has 0 aliphatic carbocycles. The highest BCUT2D eigenvalue weighted by molar-refractivity contribution is 9.10. The van der Waals surface area contributed by atoms with Gasteiger partial charge in [-0.15, -0.1) is 0 Å². The molecule has 2 aromatic carbocycles. The maximum Gasteiger partial charge on any atom is 0.293 e. The number of halogens is 2. The zero-order chi connectivity index (χ0) is 21.1. The second kappa shape index (κ2) is 9.24. The maximum absolute atomic E-state index is 12.5. The van der Waals surface area contributed by atoms with Gasteiger partial charge in [-0.25, -0.2) is 0 Å². The lowest BCUT2D eigenvalue weighted by Crippen LogP contribution is -2.34. The number of carbonyl (C=O) groups is 2. The summed E-state index contributed by atoms with van der Waals surface area (Å²) in [4.78, 5) is 26.2. The third-order valence-corrected chi connectivity index (χ3v) is 5.87. The lowest BCUT2D eigenvalue weighted by atomic mass is 10.1. The quantitative estimate of drug-likeness (QED) is 0.450. The van der Waals surface area contributed by atoms with Gasteiger partial charge in [-0.2, -0.15) is 0 Å². The topological polar surface area (TPSA) is 55.8 Å². The summed E-state index contributed by atoms with van der Waals surface area (Å²) in [6.07, 6.45) is 1.68. The van der Waals surface area contributed by atoms with E-state index in [0.29, 0.717) is 32.5 Å². The Labute approximate surface area is 187 Å². The molecule has 8 heteroatoms. The summed E-state index contributed by atoms with van der Waals surface area (Å²) < 4.78 is 12.1. The number of ether oxygens (including phenoxy) is 2. The summed E-state index contributed by atoms with van der Waals surface area (Å²) >= 11 is 10.5. The van der Waals surface area contributed by atoms with Gasteiger partial charge in [0.15, 0.2) is 11.5 Å².